The first kappa shape index (κ1) is 11.5. The van der Waals surface area contributed by atoms with Crippen molar-refractivity contribution in [1.29, 1.82) is 0 Å². The van der Waals surface area contributed by atoms with E-state index in [0.29, 0.717) is 0 Å². The van der Waals surface area contributed by atoms with Crippen LogP contribution >= 0.6 is 0 Å². The van der Waals surface area contributed by atoms with Crippen LogP contribution in [0.4, 0.5) is 5.69 Å². The second-order valence-electron chi connectivity index (χ2n) is 4.49. The molecule has 1 rings (SSSR count). The molecule has 1 aromatic rings. The van der Waals surface area contributed by atoms with E-state index >= 15 is 0 Å². The topological polar surface area (TPSA) is 24.4 Å². The number of benzene rings is 1. The van der Waals surface area contributed by atoms with Gasteiger partial charge in [-0.25, -0.2) is 0 Å². The highest BCUT2D eigenvalue weighted by atomic mass is 15.3. The minimum Gasteiger partial charge on any atom is -0.278 e. The number of nitrogens with zero attached hydrogens (tertiary/aromatic N) is 1. The molecule has 0 aliphatic heterocycles. The molecule has 0 heterocycles. The van der Waals surface area contributed by atoms with Crippen molar-refractivity contribution in [1.82, 2.24) is 0 Å². The maximum absolute atomic E-state index is 3.79. The molecule has 0 atom stereocenters. The Balaban J connectivity index is 3.37. The summed E-state index contributed by atoms with van der Waals surface area (Å²) in [6.07, 6.45) is 1.82. The first-order valence-electron chi connectivity index (χ1n) is 4.98. The van der Waals surface area contributed by atoms with Crippen molar-refractivity contribution in [3.63, 3.8) is 0 Å². The zero-order valence-corrected chi connectivity index (χ0v) is 9.67. The average molecular weight is 202 g/mol. The van der Waals surface area contributed by atoms with E-state index < -0.39 is 0 Å². The van der Waals surface area contributed by atoms with Crippen molar-refractivity contribution in [3.8, 4) is 0 Å². The van der Waals surface area contributed by atoms with Crippen LogP contribution in [0.2, 0.25) is 0 Å². The highest BCUT2D eigenvalue weighted by molar-refractivity contribution is 5.70. The maximum Gasteiger partial charge on any atom is 0.0670 e. The third kappa shape index (κ3) is 2.46. The van der Waals surface area contributed by atoms with E-state index in [0.717, 1.165) is 11.3 Å². The Kier molecular flexibility index (Phi) is 3.30. The molecule has 1 aromatic carbocycles. The summed E-state index contributed by atoms with van der Waals surface area (Å²) in [5.41, 5.74) is 6.28. The fourth-order valence-corrected chi connectivity index (χ4v) is 1.57. The number of hydrogen-bond acceptors (Lipinski definition) is 2. The number of hydrazone groups is 1. The first-order chi connectivity index (χ1) is 7.00. The SMILES string of the molecule is C=Cc1cccc(C(C)(C)C)c1NN=C. The lowest BCUT2D eigenvalue weighted by Crippen LogP contribution is -2.14. The zero-order valence-electron chi connectivity index (χ0n) is 9.67. The van der Waals surface area contributed by atoms with E-state index in [2.05, 4.69) is 50.7 Å². The summed E-state index contributed by atoms with van der Waals surface area (Å²) in [7, 11) is 0. The average Bonchev–Trinajstić information content (AvgIpc) is 2.17. The van der Waals surface area contributed by atoms with E-state index in [1.807, 2.05) is 18.2 Å². The van der Waals surface area contributed by atoms with Gasteiger partial charge in [0.25, 0.3) is 0 Å². The highest BCUT2D eigenvalue weighted by Gasteiger charge is 2.18. The van der Waals surface area contributed by atoms with E-state index in [9.17, 15) is 0 Å². The number of para-hydroxylation sites is 1. The summed E-state index contributed by atoms with van der Waals surface area (Å²) in [5.74, 6) is 0. The Labute approximate surface area is 91.7 Å². The van der Waals surface area contributed by atoms with Crippen molar-refractivity contribution in [2.75, 3.05) is 5.43 Å². The van der Waals surface area contributed by atoms with Crippen LogP contribution < -0.4 is 5.43 Å². The van der Waals surface area contributed by atoms with Gasteiger partial charge in [0.05, 0.1) is 5.69 Å². The van der Waals surface area contributed by atoms with Crippen LogP contribution in [-0.2, 0) is 5.41 Å². The predicted octanol–water partition coefficient (Wildman–Crippen LogP) is 3.65. The molecule has 0 aliphatic rings. The second-order valence-corrected chi connectivity index (χ2v) is 4.49. The number of hydrogen-bond donors (Lipinski definition) is 1. The normalized spacial score (nSPS) is 10.9. The molecule has 1 N–H and O–H groups in total. The van der Waals surface area contributed by atoms with Crippen molar-refractivity contribution >= 4 is 18.5 Å². The minimum absolute atomic E-state index is 0.0754. The molecule has 2 nitrogen and oxygen atoms in total. The summed E-state index contributed by atoms with van der Waals surface area (Å²) in [5, 5.41) is 3.74. The Morgan fingerprint density at radius 2 is 2.00 bits per heavy atom. The quantitative estimate of drug-likeness (QED) is 0.587. The molecule has 0 radical (unpaired) electrons. The summed E-state index contributed by atoms with van der Waals surface area (Å²) in [4.78, 5) is 0. The van der Waals surface area contributed by atoms with Gasteiger partial charge in [0.2, 0.25) is 0 Å². The number of nitrogens with one attached hydrogen (secondary N) is 1. The second kappa shape index (κ2) is 4.30. The summed E-state index contributed by atoms with van der Waals surface area (Å²) >= 11 is 0. The fraction of sp³-hybridized carbons (Fsp3) is 0.308. The maximum atomic E-state index is 3.79. The van der Waals surface area contributed by atoms with Crippen LogP contribution in [0.5, 0.6) is 0 Å². The van der Waals surface area contributed by atoms with Gasteiger partial charge >= 0.3 is 0 Å². The van der Waals surface area contributed by atoms with Gasteiger partial charge < -0.3 is 0 Å². The summed E-state index contributed by atoms with van der Waals surface area (Å²) in [6, 6.07) is 6.14. The number of anilines is 1. The molecule has 0 aliphatic carbocycles. The molecule has 0 spiro atoms. The standard InChI is InChI=1S/C13H18N2/c1-6-10-8-7-9-11(13(2,3)4)12(10)15-14-5/h6-9,15H,1,5H2,2-4H3. The molecule has 0 fully saturated rings. The third-order valence-corrected chi connectivity index (χ3v) is 2.32. The molecule has 0 amide bonds. The molecule has 2 heteroatoms. The van der Waals surface area contributed by atoms with E-state index in [4.69, 9.17) is 0 Å². The minimum atomic E-state index is 0.0754. The van der Waals surface area contributed by atoms with Crippen LogP contribution in [0, 0.1) is 0 Å². The predicted molar refractivity (Wildman–Crippen MR) is 68.4 cm³/mol. The highest BCUT2D eigenvalue weighted by Crippen LogP contribution is 2.32. The molecule has 15 heavy (non-hydrogen) atoms. The van der Waals surface area contributed by atoms with Crippen molar-refractivity contribution in [2.45, 2.75) is 26.2 Å². The summed E-state index contributed by atoms with van der Waals surface area (Å²) < 4.78 is 0. The monoisotopic (exact) mass is 202 g/mol. The largest absolute Gasteiger partial charge is 0.278 e. The van der Waals surface area contributed by atoms with Gasteiger partial charge in [-0.15, -0.1) is 0 Å². The Bertz CT molecular complexity index is 373. The molecule has 0 bridgehead atoms. The van der Waals surface area contributed by atoms with Crippen LogP contribution in [-0.4, -0.2) is 6.72 Å². The third-order valence-electron chi connectivity index (χ3n) is 2.32. The molecular formula is C13H18N2. The van der Waals surface area contributed by atoms with Gasteiger partial charge in [-0.3, -0.25) is 5.43 Å². The van der Waals surface area contributed by atoms with Crippen LogP contribution in [0.15, 0.2) is 29.9 Å². The van der Waals surface area contributed by atoms with Gasteiger partial charge in [-0.2, -0.15) is 5.10 Å². The Morgan fingerprint density at radius 1 is 1.33 bits per heavy atom. The van der Waals surface area contributed by atoms with E-state index in [1.54, 1.807) is 0 Å². The van der Waals surface area contributed by atoms with Gasteiger partial charge in [0.15, 0.2) is 0 Å². The first-order valence-corrected chi connectivity index (χ1v) is 4.98. The van der Waals surface area contributed by atoms with Crippen LogP contribution in [0.1, 0.15) is 31.9 Å². The lowest BCUT2D eigenvalue weighted by Gasteiger charge is -2.23. The van der Waals surface area contributed by atoms with Crippen molar-refractivity contribution in [2.24, 2.45) is 5.10 Å². The van der Waals surface area contributed by atoms with Crippen molar-refractivity contribution in [3.05, 3.63) is 35.9 Å². The van der Waals surface area contributed by atoms with Gasteiger partial charge in [-0.1, -0.05) is 51.6 Å². The smallest absolute Gasteiger partial charge is 0.0670 e. The molecular weight excluding hydrogens is 184 g/mol. The number of rotatable bonds is 3. The molecule has 80 valence electrons. The Hall–Kier alpha value is -1.57. The van der Waals surface area contributed by atoms with Crippen LogP contribution in [0.25, 0.3) is 6.08 Å². The van der Waals surface area contributed by atoms with E-state index in [-0.39, 0.29) is 5.41 Å². The Morgan fingerprint density at radius 3 is 2.47 bits per heavy atom. The molecule has 0 unspecified atom stereocenters. The van der Waals surface area contributed by atoms with Gasteiger partial charge in [0, 0.05) is 6.72 Å². The lowest BCUT2D eigenvalue weighted by atomic mass is 9.84. The van der Waals surface area contributed by atoms with Crippen molar-refractivity contribution < 1.29 is 0 Å². The molecule has 0 saturated heterocycles. The summed E-state index contributed by atoms with van der Waals surface area (Å²) in [6.45, 7) is 13.8. The van der Waals surface area contributed by atoms with Crippen LogP contribution in [0.3, 0.4) is 0 Å². The molecule has 0 saturated carbocycles. The van der Waals surface area contributed by atoms with Gasteiger partial charge in [-0.05, 0) is 16.5 Å². The van der Waals surface area contributed by atoms with Gasteiger partial charge in [0.1, 0.15) is 0 Å². The van der Waals surface area contributed by atoms with E-state index in [1.165, 1.54) is 5.56 Å². The zero-order chi connectivity index (χ0) is 11.5. The lowest BCUT2D eigenvalue weighted by molar-refractivity contribution is 0.591. The fourth-order valence-electron chi connectivity index (χ4n) is 1.57. The molecule has 0 aromatic heterocycles.